The van der Waals surface area contributed by atoms with E-state index in [-0.39, 0.29) is 92.3 Å². The van der Waals surface area contributed by atoms with Crippen LogP contribution < -0.4 is 43.7 Å². The van der Waals surface area contributed by atoms with Gasteiger partial charge in [-0.25, -0.2) is 19.2 Å². The lowest BCUT2D eigenvalue weighted by Crippen LogP contribution is -2.49. The van der Waals surface area contributed by atoms with E-state index in [1.165, 1.54) is 61.6 Å². The van der Waals surface area contributed by atoms with Gasteiger partial charge in [0.2, 0.25) is 5.91 Å². The van der Waals surface area contributed by atoms with E-state index >= 15 is 4.39 Å². The van der Waals surface area contributed by atoms with Gasteiger partial charge in [0.05, 0.1) is 71.8 Å². The number of carbonyl (C=O) groups is 3. The molecule has 74 heavy (non-hydrogen) atoms. The molecule has 0 bridgehead atoms. The van der Waals surface area contributed by atoms with Crippen molar-refractivity contribution in [1.29, 1.82) is 0 Å². The number of urea groups is 1. The predicted octanol–water partition coefficient (Wildman–Crippen LogP) is 12.6. The zero-order valence-corrected chi connectivity index (χ0v) is 43.3. The number of nitrogens with one attached hydrogen (secondary N) is 1. The van der Waals surface area contributed by atoms with Crippen molar-refractivity contribution in [3.63, 3.8) is 0 Å². The molecule has 2 aliphatic heterocycles. The lowest BCUT2D eigenvalue weighted by Gasteiger charge is -2.38. The van der Waals surface area contributed by atoms with Gasteiger partial charge in [0.1, 0.15) is 63.9 Å². The van der Waals surface area contributed by atoms with Crippen molar-refractivity contribution in [2.45, 2.75) is 26.4 Å². The first-order chi connectivity index (χ1) is 35.6. The van der Waals surface area contributed by atoms with Gasteiger partial charge in [-0.05, 0) is 73.5 Å². The van der Waals surface area contributed by atoms with E-state index < -0.39 is 23.8 Å². The van der Waals surface area contributed by atoms with E-state index in [0.717, 1.165) is 17.2 Å². The Morgan fingerprint density at radius 1 is 0.838 bits per heavy atom. The zero-order valence-electron chi connectivity index (χ0n) is 40.3. The maximum absolute atomic E-state index is 16.1. The SMILES string of the molecule is C=CC(=O)Nc1ccc(C)c(-c2cc3c(cn2)CN(c2c(Cl)c(OC)cc(OCC4COc5cc(F)c(-c6ncc7cc(-c8c(Cl)c(OC)cc(OC)c8Cl)ccc7n6)cc5N4C(=O)C=C)c2Cl)C(=O)N3CC)c1. The van der Waals surface area contributed by atoms with Gasteiger partial charge < -0.3 is 29.0 Å². The monoisotopic (exact) mass is 1080 g/mol. The molecule has 20 heteroatoms. The minimum absolute atomic E-state index is 0.0136. The zero-order chi connectivity index (χ0) is 52.7. The lowest BCUT2D eigenvalue weighted by atomic mass is 10.0. The second-order valence-corrected chi connectivity index (χ2v) is 18.3. The van der Waals surface area contributed by atoms with Gasteiger partial charge >= 0.3 is 6.03 Å². The molecular formula is C54H44Cl4FN7O8. The molecule has 4 amide bonds. The van der Waals surface area contributed by atoms with Crippen LogP contribution in [-0.4, -0.2) is 79.9 Å². The first-order valence-corrected chi connectivity index (χ1v) is 24.2. The highest BCUT2D eigenvalue weighted by Gasteiger charge is 2.37. The summed E-state index contributed by atoms with van der Waals surface area (Å²) < 4.78 is 45.1. The topological polar surface area (TPSA) is 158 Å². The summed E-state index contributed by atoms with van der Waals surface area (Å²) in [6, 6.07) is 17.0. The Morgan fingerprint density at radius 3 is 2.23 bits per heavy atom. The highest BCUT2D eigenvalue weighted by atomic mass is 35.5. The highest BCUT2D eigenvalue weighted by molar-refractivity contribution is 6.42. The number of rotatable bonds is 14. The van der Waals surface area contributed by atoms with Gasteiger partial charge in [0, 0.05) is 64.9 Å². The molecule has 0 saturated heterocycles. The minimum Gasteiger partial charge on any atom is -0.495 e. The number of fused-ring (bicyclic) bond motifs is 3. The molecule has 1 unspecified atom stereocenters. The van der Waals surface area contributed by atoms with Crippen molar-refractivity contribution < 1.29 is 42.5 Å². The van der Waals surface area contributed by atoms with Gasteiger partial charge in [0.15, 0.2) is 5.82 Å². The smallest absolute Gasteiger partial charge is 0.329 e. The van der Waals surface area contributed by atoms with Crippen LogP contribution in [-0.2, 0) is 16.1 Å². The number of anilines is 4. The van der Waals surface area contributed by atoms with Gasteiger partial charge in [-0.1, -0.05) is 71.7 Å². The summed E-state index contributed by atoms with van der Waals surface area (Å²) in [6.45, 7) is 11.0. The Labute approximate surface area is 444 Å². The van der Waals surface area contributed by atoms with E-state index in [1.54, 1.807) is 41.4 Å². The van der Waals surface area contributed by atoms with Gasteiger partial charge in [0.25, 0.3) is 5.91 Å². The van der Waals surface area contributed by atoms with Crippen LogP contribution in [0.3, 0.4) is 0 Å². The molecule has 0 radical (unpaired) electrons. The molecule has 0 saturated carbocycles. The van der Waals surface area contributed by atoms with Crippen molar-refractivity contribution in [2.75, 3.05) is 61.1 Å². The number of pyridine rings is 1. The van der Waals surface area contributed by atoms with E-state index in [2.05, 4.69) is 28.4 Å². The maximum Gasteiger partial charge on any atom is 0.329 e. The number of aryl methyl sites for hydroxylation is 1. The average molecular weight is 1080 g/mol. The summed E-state index contributed by atoms with van der Waals surface area (Å²) in [5.74, 6) is -0.493. The summed E-state index contributed by atoms with van der Waals surface area (Å²) in [5.41, 5.74) is 6.03. The van der Waals surface area contributed by atoms with Crippen LogP contribution in [0.1, 0.15) is 18.1 Å². The molecule has 2 aromatic heterocycles. The molecule has 7 aromatic rings. The third-order valence-electron chi connectivity index (χ3n) is 12.6. The second kappa shape index (κ2) is 21.1. The molecule has 0 spiro atoms. The standard InChI is InChI=1S/C54H44Cl4FN7O8/c1-8-45(67)62-31-13-11-27(4)33(16-31)37-19-38-30(23-60-37)24-65(54(69)64(38)10-3)52-50(57)43(72-7)21-44(51(52)58)74-26-32-25-73-40-18-35(59)34(17-39(40)66(32)46(68)9-2)53-61-22-29-15-28(12-14-36(29)63-53)47-48(55)41(70-5)20-42(71-6)49(47)56/h8-9,11-23,32H,1-2,10,24-26H2,3-7H3,(H,62,67). The lowest BCUT2D eigenvalue weighted by molar-refractivity contribution is -0.115. The number of ether oxygens (including phenoxy) is 5. The van der Waals surface area contributed by atoms with Gasteiger partial charge in [-0.3, -0.25) is 29.3 Å². The summed E-state index contributed by atoms with van der Waals surface area (Å²) >= 11 is 27.6. The third-order valence-corrected chi connectivity index (χ3v) is 14.0. The van der Waals surface area contributed by atoms with Gasteiger partial charge in [-0.15, -0.1) is 0 Å². The Hall–Kier alpha value is -7.63. The fraction of sp³-hybridized carbons (Fsp3) is 0.185. The van der Waals surface area contributed by atoms with Crippen molar-refractivity contribution in [1.82, 2.24) is 15.0 Å². The summed E-state index contributed by atoms with van der Waals surface area (Å²) in [7, 11) is 4.38. The number of hydrogen-bond donors (Lipinski definition) is 1. The molecule has 2 aliphatic rings. The Morgan fingerprint density at radius 2 is 1.54 bits per heavy atom. The van der Waals surface area contributed by atoms with Crippen molar-refractivity contribution in [2.24, 2.45) is 0 Å². The van der Waals surface area contributed by atoms with Crippen LogP contribution in [0.25, 0.3) is 44.7 Å². The minimum atomic E-state index is -0.820. The quantitative estimate of drug-likeness (QED) is 0.103. The van der Waals surface area contributed by atoms with Crippen LogP contribution in [0.2, 0.25) is 20.1 Å². The summed E-state index contributed by atoms with van der Waals surface area (Å²) in [6.07, 6.45) is 5.53. The highest BCUT2D eigenvalue weighted by Crippen LogP contribution is 2.50. The van der Waals surface area contributed by atoms with Crippen LogP contribution in [0.15, 0.2) is 104 Å². The van der Waals surface area contributed by atoms with Crippen LogP contribution in [0.5, 0.6) is 28.7 Å². The van der Waals surface area contributed by atoms with E-state index in [9.17, 15) is 14.4 Å². The third kappa shape index (κ3) is 9.34. The van der Waals surface area contributed by atoms with Crippen LogP contribution >= 0.6 is 46.4 Å². The fourth-order valence-electron chi connectivity index (χ4n) is 8.83. The number of nitrogens with zero attached hydrogens (tertiary/aromatic N) is 6. The molecule has 0 fully saturated rings. The molecule has 378 valence electrons. The molecule has 0 aliphatic carbocycles. The molecule has 1 atom stereocenters. The first kappa shape index (κ1) is 51.3. The summed E-state index contributed by atoms with van der Waals surface area (Å²) in [5, 5.41) is 3.97. The van der Waals surface area contributed by atoms with Crippen LogP contribution in [0.4, 0.5) is 31.9 Å². The van der Waals surface area contributed by atoms with E-state index in [4.69, 9.17) is 75.1 Å². The van der Waals surface area contributed by atoms with Crippen molar-refractivity contribution in [3.05, 3.63) is 141 Å². The number of halogens is 5. The van der Waals surface area contributed by atoms with Gasteiger partial charge in [-0.2, -0.15) is 0 Å². The Kier molecular flexibility index (Phi) is 14.6. The van der Waals surface area contributed by atoms with Crippen LogP contribution in [0, 0.1) is 12.7 Å². The molecule has 5 aromatic carbocycles. The number of amides is 4. The number of aromatic nitrogens is 3. The van der Waals surface area contributed by atoms with Crippen molar-refractivity contribution in [3.8, 4) is 62.5 Å². The Bertz CT molecular complexity index is 3460. The number of carbonyl (C=O) groups excluding carboxylic acids is 3. The van der Waals surface area contributed by atoms with Crippen molar-refractivity contribution >= 4 is 97.9 Å². The molecule has 1 N–H and O–H groups in total. The largest absolute Gasteiger partial charge is 0.495 e. The normalized spacial score (nSPS) is 13.9. The number of hydrogen-bond acceptors (Lipinski definition) is 11. The molecule has 4 heterocycles. The predicted molar refractivity (Wildman–Crippen MR) is 287 cm³/mol. The number of methoxy groups -OCH3 is 3. The first-order valence-electron chi connectivity index (χ1n) is 22.7. The van der Waals surface area contributed by atoms with E-state index in [1.807, 2.05) is 32.0 Å². The fourth-order valence-corrected chi connectivity index (χ4v) is 10.2. The molecule has 9 rings (SSSR count). The maximum atomic E-state index is 16.1. The Balaban J connectivity index is 1.00. The number of benzene rings is 5. The average Bonchev–Trinajstić information content (AvgIpc) is 3.41. The van der Waals surface area contributed by atoms with E-state index in [0.29, 0.717) is 56.2 Å². The second-order valence-electron chi connectivity index (χ2n) is 16.8. The molecule has 15 nitrogen and oxygen atoms in total. The molecular weight excluding hydrogens is 1040 g/mol. The summed E-state index contributed by atoms with van der Waals surface area (Å²) in [4.78, 5) is 58.7.